The van der Waals surface area contributed by atoms with Crippen molar-refractivity contribution in [1.29, 1.82) is 0 Å². The van der Waals surface area contributed by atoms with Crippen molar-refractivity contribution in [3.05, 3.63) is 99.5 Å². The Bertz CT molecular complexity index is 1070. The van der Waals surface area contributed by atoms with E-state index < -0.39 is 5.91 Å². The minimum absolute atomic E-state index is 0.0310. The molecule has 0 spiro atoms. The first-order valence-corrected chi connectivity index (χ1v) is 8.62. The van der Waals surface area contributed by atoms with Crippen molar-refractivity contribution in [3.8, 4) is 0 Å². The number of para-hydroxylation sites is 1. The van der Waals surface area contributed by atoms with Gasteiger partial charge in [-0.15, -0.1) is 0 Å². The number of nitrogens with one attached hydrogen (secondary N) is 1. The summed E-state index contributed by atoms with van der Waals surface area (Å²) in [4.78, 5) is 37.1. The molecule has 5 heteroatoms. The lowest BCUT2D eigenvalue weighted by Gasteiger charge is -2.11. The number of anilines is 1. The largest absolute Gasteiger partial charge is 0.321 e. The molecule has 1 heterocycles. The van der Waals surface area contributed by atoms with Gasteiger partial charge in [-0.25, -0.2) is 0 Å². The normalized spacial score (nSPS) is 10.4. The molecule has 0 radical (unpaired) electrons. The minimum Gasteiger partial charge on any atom is -0.321 e. The number of aromatic nitrogens is 1. The second-order valence-corrected chi connectivity index (χ2v) is 6.40. The maximum absolute atomic E-state index is 12.7. The molecule has 0 saturated heterocycles. The average Bonchev–Trinajstić information content (AvgIpc) is 2.63. The van der Waals surface area contributed by atoms with E-state index in [0.29, 0.717) is 17.8 Å². The molecular formula is C22H20N2O3. The van der Waals surface area contributed by atoms with Crippen LogP contribution in [-0.2, 0) is 6.54 Å². The van der Waals surface area contributed by atoms with Crippen LogP contribution in [0.3, 0.4) is 0 Å². The summed E-state index contributed by atoms with van der Waals surface area (Å²) < 4.78 is 1.50. The number of benzene rings is 2. The maximum Gasteiger partial charge on any atom is 0.263 e. The second kappa shape index (κ2) is 7.83. The highest BCUT2D eigenvalue weighted by atomic mass is 16.2. The molecule has 136 valence electrons. The minimum atomic E-state index is -0.535. The zero-order chi connectivity index (χ0) is 19.4. The van der Waals surface area contributed by atoms with Crippen molar-refractivity contribution in [2.24, 2.45) is 0 Å². The summed E-state index contributed by atoms with van der Waals surface area (Å²) in [5.41, 5.74) is 2.54. The SMILES string of the molecule is CC(=O)c1ccccc1NC(=O)c1cccn(Cc2cccc(C)c2)c1=O. The fraction of sp³-hybridized carbons (Fsp3) is 0.136. The number of carbonyl (C=O) groups excluding carboxylic acids is 2. The van der Waals surface area contributed by atoms with E-state index in [2.05, 4.69) is 5.32 Å². The Morgan fingerprint density at radius 3 is 2.44 bits per heavy atom. The van der Waals surface area contributed by atoms with Gasteiger partial charge in [-0.1, -0.05) is 42.0 Å². The molecule has 1 N–H and O–H groups in total. The number of Topliss-reactive ketones (excluding diaryl/α,β-unsaturated/α-hetero) is 1. The van der Waals surface area contributed by atoms with Crippen molar-refractivity contribution in [2.45, 2.75) is 20.4 Å². The van der Waals surface area contributed by atoms with Gasteiger partial charge in [-0.05, 0) is 43.7 Å². The Morgan fingerprint density at radius 1 is 0.963 bits per heavy atom. The number of rotatable bonds is 5. The Balaban J connectivity index is 1.88. The highest BCUT2D eigenvalue weighted by molar-refractivity contribution is 6.08. The summed E-state index contributed by atoms with van der Waals surface area (Å²) in [6, 6.07) is 17.8. The molecule has 0 aliphatic carbocycles. The molecule has 3 aromatic rings. The standard InChI is InChI=1S/C22H20N2O3/c1-15-7-5-8-17(13-15)14-24-12-6-10-19(22(24)27)21(26)23-20-11-4-3-9-18(20)16(2)25/h3-13H,14H2,1-2H3,(H,23,26). The summed E-state index contributed by atoms with van der Waals surface area (Å²) in [7, 11) is 0. The predicted molar refractivity (Wildman–Crippen MR) is 105 cm³/mol. The van der Waals surface area contributed by atoms with Crippen LogP contribution < -0.4 is 10.9 Å². The fourth-order valence-corrected chi connectivity index (χ4v) is 2.93. The molecule has 0 atom stereocenters. The summed E-state index contributed by atoms with van der Waals surface area (Å²) in [5.74, 6) is -0.692. The first kappa shape index (κ1) is 18.3. The van der Waals surface area contributed by atoms with Gasteiger partial charge in [0.15, 0.2) is 5.78 Å². The number of carbonyl (C=O) groups is 2. The molecule has 0 saturated carbocycles. The van der Waals surface area contributed by atoms with Crippen LogP contribution in [0.2, 0.25) is 0 Å². The van der Waals surface area contributed by atoms with Gasteiger partial charge in [-0.3, -0.25) is 14.4 Å². The van der Waals surface area contributed by atoms with Crippen LogP contribution in [0.25, 0.3) is 0 Å². The van der Waals surface area contributed by atoms with Gasteiger partial charge in [0.1, 0.15) is 5.56 Å². The van der Waals surface area contributed by atoms with Crippen molar-refractivity contribution < 1.29 is 9.59 Å². The molecule has 0 bridgehead atoms. The van der Waals surface area contributed by atoms with Gasteiger partial charge < -0.3 is 9.88 Å². The lowest BCUT2D eigenvalue weighted by atomic mass is 10.1. The number of ketones is 1. The second-order valence-electron chi connectivity index (χ2n) is 6.40. The van der Waals surface area contributed by atoms with Gasteiger partial charge in [0, 0.05) is 11.8 Å². The molecule has 3 rings (SSSR count). The van der Waals surface area contributed by atoms with Crippen LogP contribution in [-0.4, -0.2) is 16.3 Å². The van der Waals surface area contributed by atoms with Gasteiger partial charge >= 0.3 is 0 Å². The summed E-state index contributed by atoms with van der Waals surface area (Å²) in [6.07, 6.45) is 1.66. The van der Waals surface area contributed by atoms with Gasteiger partial charge in [-0.2, -0.15) is 0 Å². The number of hydrogen-bond acceptors (Lipinski definition) is 3. The number of hydrogen-bond donors (Lipinski definition) is 1. The Morgan fingerprint density at radius 2 is 1.70 bits per heavy atom. The van der Waals surface area contributed by atoms with E-state index in [1.165, 1.54) is 17.6 Å². The zero-order valence-corrected chi connectivity index (χ0v) is 15.2. The zero-order valence-electron chi connectivity index (χ0n) is 15.2. The molecular weight excluding hydrogens is 340 g/mol. The van der Waals surface area contributed by atoms with Crippen LogP contribution in [0.4, 0.5) is 5.69 Å². The van der Waals surface area contributed by atoms with Gasteiger partial charge in [0.2, 0.25) is 0 Å². The van der Waals surface area contributed by atoms with Crippen LogP contribution in [0.15, 0.2) is 71.7 Å². The molecule has 1 amide bonds. The molecule has 0 aliphatic heterocycles. The van der Waals surface area contributed by atoms with Gasteiger partial charge in [0.25, 0.3) is 11.5 Å². The number of nitrogens with zero attached hydrogens (tertiary/aromatic N) is 1. The van der Waals surface area contributed by atoms with E-state index >= 15 is 0 Å². The van der Waals surface area contributed by atoms with Crippen molar-refractivity contribution in [1.82, 2.24) is 4.57 Å². The number of aryl methyl sites for hydroxylation is 1. The first-order chi connectivity index (χ1) is 13.0. The highest BCUT2D eigenvalue weighted by Crippen LogP contribution is 2.16. The highest BCUT2D eigenvalue weighted by Gasteiger charge is 2.15. The average molecular weight is 360 g/mol. The van der Waals surface area contributed by atoms with Crippen LogP contribution in [0.5, 0.6) is 0 Å². The molecule has 0 aliphatic rings. The molecule has 0 fully saturated rings. The summed E-state index contributed by atoms with van der Waals surface area (Å²) in [5, 5.41) is 2.68. The van der Waals surface area contributed by atoms with E-state index in [1.54, 1.807) is 36.5 Å². The quantitative estimate of drug-likeness (QED) is 0.706. The van der Waals surface area contributed by atoms with Crippen LogP contribution in [0, 0.1) is 6.92 Å². The van der Waals surface area contributed by atoms with Crippen molar-refractivity contribution >= 4 is 17.4 Å². The van der Waals surface area contributed by atoms with E-state index in [4.69, 9.17) is 0 Å². The van der Waals surface area contributed by atoms with E-state index in [9.17, 15) is 14.4 Å². The fourth-order valence-electron chi connectivity index (χ4n) is 2.93. The first-order valence-electron chi connectivity index (χ1n) is 8.62. The van der Waals surface area contributed by atoms with Crippen LogP contribution in [0.1, 0.15) is 38.8 Å². The van der Waals surface area contributed by atoms with E-state index in [-0.39, 0.29) is 16.9 Å². The molecule has 5 nitrogen and oxygen atoms in total. The number of pyridine rings is 1. The topological polar surface area (TPSA) is 68.2 Å². The predicted octanol–water partition coefficient (Wildman–Crippen LogP) is 3.66. The third kappa shape index (κ3) is 4.20. The summed E-state index contributed by atoms with van der Waals surface area (Å²) in [6.45, 7) is 3.80. The molecule has 1 aromatic heterocycles. The van der Waals surface area contributed by atoms with Crippen molar-refractivity contribution in [3.63, 3.8) is 0 Å². The van der Waals surface area contributed by atoms with E-state index in [1.807, 2.05) is 31.2 Å². The third-order valence-electron chi connectivity index (χ3n) is 4.25. The number of amides is 1. The molecule has 2 aromatic carbocycles. The maximum atomic E-state index is 12.7. The Hall–Kier alpha value is -3.47. The molecule has 27 heavy (non-hydrogen) atoms. The Labute approximate surface area is 157 Å². The summed E-state index contributed by atoms with van der Waals surface area (Å²) >= 11 is 0. The third-order valence-corrected chi connectivity index (χ3v) is 4.25. The van der Waals surface area contributed by atoms with Crippen molar-refractivity contribution in [2.75, 3.05) is 5.32 Å². The molecule has 0 unspecified atom stereocenters. The lowest BCUT2D eigenvalue weighted by molar-refractivity contribution is 0.101. The van der Waals surface area contributed by atoms with Gasteiger partial charge in [0.05, 0.1) is 12.2 Å². The van der Waals surface area contributed by atoms with Crippen LogP contribution >= 0.6 is 0 Å². The smallest absolute Gasteiger partial charge is 0.263 e. The monoisotopic (exact) mass is 360 g/mol. The lowest BCUT2D eigenvalue weighted by Crippen LogP contribution is -2.29. The van der Waals surface area contributed by atoms with E-state index in [0.717, 1.165) is 11.1 Å². The Kier molecular flexibility index (Phi) is 5.31.